The van der Waals surface area contributed by atoms with Gasteiger partial charge in [-0.1, -0.05) is 62.2 Å². The molecule has 1 atom stereocenters. The summed E-state index contributed by atoms with van der Waals surface area (Å²) in [7, 11) is 0. The average molecular weight is 230 g/mol. The Bertz CT molecular complexity index is 375. The summed E-state index contributed by atoms with van der Waals surface area (Å²) in [6.45, 7) is 13.5. The van der Waals surface area contributed by atoms with Crippen LogP contribution in [0.25, 0.3) is 0 Å². The lowest BCUT2D eigenvalue weighted by Gasteiger charge is -2.28. The fourth-order valence-corrected chi connectivity index (χ4v) is 2.56. The van der Waals surface area contributed by atoms with Crippen LogP contribution in [0.3, 0.4) is 0 Å². The zero-order valence-corrected chi connectivity index (χ0v) is 12.2. The molecule has 0 heteroatoms. The van der Waals surface area contributed by atoms with E-state index in [-0.39, 0.29) is 5.41 Å². The molecule has 1 unspecified atom stereocenters. The molecule has 0 heterocycles. The maximum absolute atomic E-state index is 2.37. The molecule has 1 rings (SSSR count). The molecule has 0 aliphatic rings. The highest BCUT2D eigenvalue weighted by atomic mass is 14.3. The van der Waals surface area contributed by atoms with Crippen molar-refractivity contribution in [1.29, 1.82) is 0 Å². The first-order valence-electron chi connectivity index (χ1n) is 6.53. The Morgan fingerprint density at radius 2 is 1.71 bits per heavy atom. The first-order valence-corrected chi connectivity index (χ1v) is 6.53. The van der Waals surface area contributed by atoms with E-state index in [0.717, 1.165) is 0 Å². The van der Waals surface area contributed by atoms with Crippen molar-refractivity contribution in [3.8, 4) is 0 Å². The summed E-state index contributed by atoms with van der Waals surface area (Å²) in [6.07, 6.45) is 3.57. The van der Waals surface area contributed by atoms with Gasteiger partial charge >= 0.3 is 0 Å². The van der Waals surface area contributed by atoms with Crippen molar-refractivity contribution in [1.82, 2.24) is 0 Å². The predicted molar refractivity (Wildman–Crippen MR) is 77.4 cm³/mol. The molecule has 0 amide bonds. The second-order valence-electron chi connectivity index (χ2n) is 6.18. The molecule has 0 fully saturated rings. The van der Waals surface area contributed by atoms with E-state index in [1.165, 1.54) is 23.1 Å². The number of hydrogen-bond acceptors (Lipinski definition) is 0. The molecule has 0 radical (unpaired) electrons. The topological polar surface area (TPSA) is 0 Å². The normalized spacial score (nSPS) is 13.3. The summed E-state index contributed by atoms with van der Waals surface area (Å²) < 4.78 is 0. The summed E-state index contributed by atoms with van der Waals surface area (Å²) in [4.78, 5) is 0. The molecular weight excluding hydrogens is 204 g/mol. The number of aryl methyl sites for hydroxylation is 1. The van der Waals surface area contributed by atoms with Gasteiger partial charge in [-0.3, -0.25) is 0 Å². The van der Waals surface area contributed by atoms with Gasteiger partial charge in [-0.25, -0.2) is 0 Å². The third-order valence-corrected chi connectivity index (χ3v) is 3.28. The Labute approximate surface area is 107 Å². The van der Waals surface area contributed by atoms with Gasteiger partial charge in [0.1, 0.15) is 0 Å². The molecular formula is C17H26. The minimum Gasteiger partial charge on any atom is -0.0830 e. The van der Waals surface area contributed by atoms with Gasteiger partial charge in [0, 0.05) is 0 Å². The second kappa shape index (κ2) is 5.53. The van der Waals surface area contributed by atoms with Crippen molar-refractivity contribution in [2.45, 2.75) is 53.4 Å². The quantitative estimate of drug-likeness (QED) is 0.618. The highest BCUT2D eigenvalue weighted by molar-refractivity contribution is 5.27. The lowest BCUT2D eigenvalue weighted by Crippen LogP contribution is -2.20. The molecule has 0 saturated heterocycles. The highest BCUT2D eigenvalue weighted by Gasteiger charge is 2.22. The summed E-state index contributed by atoms with van der Waals surface area (Å²) in [6, 6.07) is 8.96. The first kappa shape index (κ1) is 14.0. The molecule has 0 saturated carbocycles. The number of hydrogen-bond donors (Lipinski definition) is 0. The van der Waals surface area contributed by atoms with Crippen molar-refractivity contribution in [2.24, 2.45) is 5.92 Å². The van der Waals surface area contributed by atoms with E-state index in [1.54, 1.807) is 0 Å². The first-order chi connectivity index (χ1) is 7.81. The third-order valence-electron chi connectivity index (χ3n) is 3.28. The number of benzene rings is 1. The fraction of sp³-hybridized carbons (Fsp3) is 0.529. The molecule has 0 aliphatic carbocycles. The zero-order valence-electron chi connectivity index (χ0n) is 12.2. The molecule has 0 aliphatic heterocycles. The van der Waals surface area contributed by atoms with E-state index in [1.807, 2.05) is 0 Å². The smallest absolute Gasteiger partial charge is 0.00981 e. The Balaban J connectivity index is 2.81. The Morgan fingerprint density at radius 3 is 2.18 bits per heavy atom. The Morgan fingerprint density at radius 1 is 1.18 bits per heavy atom. The van der Waals surface area contributed by atoms with Gasteiger partial charge < -0.3 is 0 Å². The third kappa shape index (κ3) is 4.38. The van der Waals surface area contributed by atoms with E-state index in [4.69, 9.17) is 0 Å². The monoisotopic (exact) mass is 230 g/mol. The Hall–Kier alpha value is -1.04. The second-order valence-corrected chi connectivity index (χ2v) is 6.18. The summed E-state index contributed by atoms with van der Waals surface area (Å²) >= 11 is 0. The summed E-state index contributed by atoms with van der Waals surface area (Å²) in [5.41, 5.74) is 4.44. The fourth-order valence-electron chi connectivity index (χ4n) is 2.56. The van der Waals surface area contributed by atoms with Crippen molar-refractivity contribution in [3.63, 3.8) is 0 Å². The van der Waals surface area contributed by atoms with Crippen LogP contribution in [0.15, 0.2) is 35.9 Å². The maximum Gasteiger partial charge on any atom is -0.00981 e. The van der Waals surface area contributed by atoms with Crippen LogP contribution >= 0.6 is 0 Å². The number of allylic oxidation sites excluding steroid dienone is 2. The van der Waals surface area contributed by atoms with E-state index in [0.29, 0.717) is 5.92 Å². The summed E-state index contributed by atoms with van der Waals surface area (Å²) in [5.74, 6) is 0.635. The largest absolute Gasteiger partial charge is 0.0830 e. The van der Waals surface area contributed by atoms with Crippen LogP contribution in [0.2, 0.25) is 0 Å². The molecule has 1 aromatic carbocycles. The minimum atomic E-state index is 0.249. The van der Waals surface area contributed by atoms with Gasteiger partial charge in [-0.15, -0.1) is 0 Å². The standard InChI is InChI=1S/C17H26/c1-13(2)11-15(4)12-17(5,6)16-9-7-14(3)8-10-16/h7-11,15H,12H2,1-6H3. The van der Waals surface area contributed by atoms with Gasteiger partial charge in [0.2, 0.25) is 0 Å². The van der Waals surface area contributed by atoms with Crippen LogP contribution in [-0.2, 0) is 5.41 Å². The van der Waals surface area contributed by atoms with E-state index in [9.17, 15) is 0 Å². The molecule has 17 heavy (non-hydrogen) atoms. The van der Waals surface area contributed by atoms with Crippen LogP contribution in [0, 0.1) is 12.8 Å². The lowest BCUT2D eigenvalue weighted by atomic mass is 9.77. The van der Waals surface area contributed by atoms with Crippen LogP contribution in [0.5, 0.6) is 0 Å². The van der Waals surface area contributed by atoms with Crippen molar-refractivity contribution < 1.29 is 0 Å². The van der Waals surface area contributed by atoms with E-state index in [2.05, 4.69) is 71.9 Å². The molecule has 0 aromatic heterocycles. The summed E-state index contributed by atoms with van der Waals surface area (Å²) in [5, 5.41) is 0. The molecule has 0 bridgehead atoms. The number of rotatable bonds is 4. The van der Waals surface area contributed by atoms with Gasteiger partial charge in [0.15, 0.2) is 0 Å². The molecule has 94 valence electrons. The van der Waals surface area contributed by atoms with Crippen LogP contribution in [0.1, 0.15) is 52.2 Å². The van der Waals surface area contributed by atoms with Crippen LogP contribution in [0.4, 0.5) is 0 Å². The van der Waals surface area contributed by atoms with E-state index < -0.39 is 0 Å². The van der Waals surface area contributed by atoms with Gasteiger partial charge in [0.05, 0.1) is 0 Å². The lowest BCUT2D eigenvalue weighted by molar-refractivity contribution is 0.422. The highest BCUT2D eigenvalue weighted by Crippen LogP contribution is 2.31. The van der Waals surface area contributed by atoms with Gasteiger partial charge in [-0.2, -0.15) is 0 Å². The van der Waals surface area contributed by atoms with Crippen molar-refractivity contribution in [2.75, 3.05) is 0 Å². The maximum atomic E-state index is 2.37. The van der Waals surface area contributed by atoms with Crippen molar-refractivity contribution in [3.05, 3.63) is 47.0 Å². The van der Waals surface area contributed by atoms with E-state index >= 15 is 0 Å². The van der Waals surface area contributed by atoms with Crippen molar-refractivity contribution >= 4 is 0 Å². The molecule has 0 nitrogen and oxygen atoms in total. The van der Waals surface area contributed by atoms with Crippen LogP contribution < -0.4 is 0 Å². The predicted octanol–water partition coefficient (Wildman–Crippen LogP) is 5.27. The molecule has 1 aromatic rings. The van der Waals surface area contributed by atoms with Gasteiger partial charge in [-0.05, 0) is 44.1 Å². The Kier molecular flexibility index (Phi) is 4.56. The zero-order chi connectivity index (χ0) is 13.1. The molecule has 0 spiro atoms. The van der Waals surface area contributed by atoms with Gasteiger partial charge in [0.25, 0.3) is 0 Å². The average Bonchev–Trinajstić information content (AvgIpc) is 2.15. The van der Waals surface area contributed by atoms with Crippen LogP contribution in [-0.4, -0.2) is 0 Å². The SMILES string of the molecule is CC(C)=CC(C)CC(C)(C)c1ccc(C)cc1. The molecule has 0 N–H and O–H groups in total. The minimum absolute atomic E-state index is 0.249.